The maximum atomic E-state index is 13.8. The van der Waals surface area contributed by atoms with Gasteiger partial charge in [0.15, 0.2) is 5.78 Å². The first-order chi connectivity index (χ1) is 16.6. The third kappa shape index (κ3) is 4.65. The Kier molecular flexibility index (Phi) is 5.83. The second-order valence-corrected chi connectivity index (χ2v) is 11.9. The molecule has 3 aromatic rings. The average Bonchev–Trinajstić information content (AvgIpc) is 2.93. The summed E-state index contributed by atoms with van der Waals surface area (Å²) in [5, 5.41) is 3.72. The van der Waals surface area contributed by atoms with Crippen molar-refractivity contribution in [2.24, 2.45) is 5.41 Å². The topological polar surface area (TPSA) is 32.3 Å². The molecule has 3 nitrogen and oxygen atoms in total. The summed E-state index contributed by atoms with van der Waals surface area (Å²) in [7, 11) is 0. The quantitative estimate of drug-likeness (QED) is 0.429. The summed E-state index contributed by atoms with van der Waals surface area (Å²) in [5.74, 6) is 0.250. The molecule has 0 fully saturated rings. The Morgan fingerprint density at radius 3 is 2.23 bits per heavy atom. The summed E-state index contributed by atoms with van der Waals surface area (Å²) < 4.78 is 0. The van der Waals surface area contributed by atoms with Gasteiger partial charge in [-0.3, -0.25) is 4.79 Å². The van der Waals surface area contributed by atoms with E-state index in [2.05, 4.69) is 124 Å². The SMILES string of the molecule is CC1(C)CC(=O)C2=C(C1)Nc1ccccc1N(Cc1ccccc1)C2c1ccc(C(C)(C)C)cc1. The van der Waals surface area contributed by atoms with Gasteiger partial charge in [0.1, 0.15) is 0 Å². The molecule has 0 amide bonds. The first-order valence-electron chi connectivity index (χ1n) is 12.7. The first kappa shape index (κ1) is 23.4. The van der Waals surface area contributed by atoms with Gasteiger partial charge < -0.3 is 10.2 Å². The molecule has 0 aromatic heterocycles. The molecule has 0 saturated carbocycles. The Labute approximate surface area is 209 Å². The fourth-order valence-electron chi connectivity index (χ4n) is 5.52. The number of nitrogens with one attached hydrogen (secondary N) is 1. The van der Waals surface area contributed by atoms with Crippen molar-refractivity contribution >= 4 is 17.2 Å². The Bertz CT molecular complexity index is 1260. The number of anilines is 2. The summed E-state index contributed by atoms with van der Waals surface area (Å²) in [4.78, 5) is 16.3. The molecule has 180 valence electrons. The molecule has 1 unspecified atom stereocenters. The van der Waals surface area contributed by atoms with E-state index in [0.717, 1.165) is 41.2 Å². The van der Waals surface area contributed by atoms with Gasteiger partial charge in [0.2, 0.25) is 0 Å². The maximum Gasteiger partial charge on any atom is 0.163 e. The molecule has 0 bridgehead atoms. The van der Waals surface area contributed by atoms with Crippen LogP contribution in [-0.2, 0) is 16.8 Å². The highest BCUT2D eigenvalue weighted by Gasteiger charge is 2.41. The van der Waals surface area contributed by atoms with Crippen molar-refractivity contribution in [3.8, 4) is 0 Å². The molecule has 1 aliphatic heterocycles. The minimum atomic E-state index is -0.154. The van der Waals surface area contributed by atoms with Crippen molar-refractivity contribution in [1.29, 1.82) is 0 Å². The van der Waals surface area contributed by atoms with Crippen LogP contribution in [0.4, 0.5) is 11.4 Å². The summed E-state index contributed by atoms with van der Waals surface area (Å²) in [6.45, 7) is 11.8. The molecule has 3 heteroatoms. The van der Waals surface area contributed by atoms with Crippen LogP contribution in [0.3, 0.4) is 0 Å². The van der Waals surface area contributed by atoms with Gasteiger partial charge in [-0.1, -0.05) is 101 Å². The standard InChI is InChI=1S/C32H36N2O/c1-31(2,3)24-17-15-23(16-18-24)30-29-26(19-32(4,5)20-28(29)35)33-25-13-9-10-14-27(25)34(30)21-22-11-7-6-8-12-22/h6-18,30,33H,19-21H2,1-5H3. The van der Waals surface area contributed by atoms with Crippen LogP contribution in [0.15, 0.2) is 90.1 Å². The fourth-order valence-corrected chi connectivity index (χ4v) is 5.52. The van der Waals surface area contributed by atoms with E-state index in [0.29, 0.717) is 6.42 Å². The lowest BCUT2D eigenvalue weighted by molar-refractivity contribution is -0.118. The number of rotatable bonds is 3. The monoisotopic (exact) mass is 464 g/mol. The van der Waals surface area contributed by atoms with E-state index in [-0.39, 0.29) is 22.7 Å². The Morgan fingerprint density at radius 1 is 0.886 bits per heavy atom. The molecular formula is C32H36N2O. The zero-order chi connectivity index (χ0) is 24.8. The molecule has 1 N–H and O–H groups in total. The fraction of sp³-hybridized carbons (Fsp3) is 0.344. The molecular weight excluding hydrogens is 428 g/mol. The van der Waals surface area contributed by atoms with Crippen LogP contribution in [0.5, 0.6) is 0 Å². The number of allylic oxidation sites excluding steroid dienone is 1. The van der Waals surface area contributed by atoms with Crippen LogP contribution < -0.4 is 10.2 Å². The number of benzene rings is 3. The van der Waals surface area contributed by atoms with Crippen molar-refractivity contribution in [3.63, 3.8) is 0 Å². The van der Waals surface area contributed by atoms with Gasteiger partial charge >= 0.3 is 0 Å². The molecule has 35 heavy (non-hydrogen) atoms. The van der Waals surface area contributed by atoms with Gasteiger partial charge in [0.05, 0.1) is 17.4 Å². The van der Waals surface area contributed by atoms with Gasteiger partial charge in [0.25, 0.3) is 0 Å². The summed E-state index contributed by atoms with van der Waals surface area (Å²) >= 11 is 0. The molecule has 1 heterocycles. The van der Waals surface area contributed by atoms with E-state index in [4.69, 9.17) is 0 Å². The van der Waals surface area contributed by atoms with Crippen molar-refractivity contribution in [2.75, 3.05) is 10.2 Å². The van der Waals surface area contributed by atoms with Crippen LogP contribution in [0.2, 0.25) is 0 Å². The molecule has 2 aliphatic rings. The molecule has 1 aliphatic carbocycles. The molecule has 5 rings (SSSR count). The molecule has 1 atom stereocenters. The number of fused-ring (bicyclic) bond motifs is 1. The summed E-state index contributed by atoms with van der Waals surface area (Å²) in [5.41, 5.74) is 7.88. The van der Waals surface area contributed by atoms with Crippen LogP contribution in [-0.4, -0.2) is 5.78 Å². The lowest BCUT2D eigenvalue weighted by atomic mass is 9.73. The average molecular weight is 465 g/mol. The van der Waals surface area contributed by atoms with Crippen LogP contribution in [0, 0.1) is 5.41 Å². The number of carbonyl (C=O) groups is 1. The second-order valence-electron chi connectivity index (χ2n) is 11.9. The molecule has 3 aromatic carbocycles. The van der Waals surface area contributed by atoms with E-state index in [9.17, 15) is 4.79 Å². The van der Waals surface area contributed by atoms with Gasteiger partial charge in [-0.15, -0.1) is 0 Å². The number of carbonyl (C=O) groups excluding carboxylic acids is 1. The Balaban J connectivity index is 1.72. The van der Waals surface area contributed by atoms with Crippen molar-refractivity contribution in [2.45, 2.75) is 65.5 Å². The molecule has 0 saturated heterocycles. The van der Waals surface area contributed by atoms with Gasteiger partial charge in [0, 0.05) is 24.2 Å². The van der Waals surface area contributed by atoms with Gasteiger partial charge in [-0.05, 0) is 46.1 Å². The zero-order valence-corrected chi connectivity index (χ0v) is 21.6. The first-order valence-corrected chi connectivity index (χ1v) is 12.7. The number of hydrogen-bond donors (Lipinski definition) is 1. The van der Waals surface area contributed by atoms with E-state index in [1.165, 1.54) is 11.1 Å². The highest BCUT2D eigenvalue weighted by Crippen LogP contribution is 2.48. The zero-order valence-electron chi connectivity index (χ0n) is 21.6. The highest BCUT2D eigenvalue weighted by molar-refractivity contribution is 6.01. The van der Waals surface area contributed by atoms with Crippen molar-refractivity contribution in [1.82, 2.24) is 0 Å². The highest BCUT2D eigenvalue weighted by atomic mass is 16.1. The van der Waals surface area contributed by atoms with Crippen LogP contribution in [0.25, 0.3) is 0 Å². The van der Waals surface area contributed by atoms with E-state index >= 15 is 0 Å². The maximum absolute atomic E-state index is 13.8. The lowest BCUT2D eigenvalue weighted by Gasteiger charge is -2.38. The minimum absolute atomic E-state index is 0.0624. The van der Waals surface area contributed by atoms with Crippen molar-refractivity contribution in [3.05, 3.63) is 107 Å². The summed E-state index contributed by atoms with van der Waals surface area (Å²) in [6, 6.07) is 27.8. The third-order valence-corrected chi connectivity index (χ3v) is 7.29. The Hall–Kier alpha value is -3.33. The second kappa shape index (κ2) is 8.71. The molecule has 0 radical (unpaired) electrons. The minimum Gasteiger partial charge on any atom is -0.357 e. The predicted molar refractivity (Wildman–Crippen MR) is 146 cm³/mol. The van der Waals surface area contributed by atoms with Gasteiger partial charge in [-0.2, -0.15) is 0 Å². The number of hydrogen-bond acceptors (Lipinski definition) is 3. The largest absolute Gasteiger partial charge is 0.357 e. The number of nitrogens with zero attached hydrogens (tertiary/aromatic N) is 1. The smallest absolute Gasteiger partial charge is 0.163 e. The summed E-state index contributed by atoms with van der Waals surface area (Å²) in [6.07, 6.45) is 1.43. The molecule has 0 spiro atoms. The van der Waals surface area contributed by atoms with E-state index in [1.54, 1.807) is 0 Å². The number of para-hydroxylation sites is 2. The number of Topliss-reactive ketones (excluding diaryl/α,β-unsaturated/α-hetero) is 1. The van der Waals surface area contributed by atoms with Crippen LogP contribution >= 0.6 is 0 Å². The van der Waals surface area contributed by atoms with E-state index in [1.807, 2.05) is 0 Å². The normalized spacial score (nSPS) is 19.5. The Morgan fingerprint density at radius 2 is 1.54 bits per heavy atom. The van der Waals surface area contributed by atoms with Crippen molar-refractivity contribution < 1.29 is 4.79 Å². The van der Waals surface area contributed by atoms with Crippen LogP contribution in [0.1, 0.15) is 70.2 Å². The predicted octanol–water partition coefficient (Wildman–Crippen LogP) is 7.80. The lowest BCUT2D eigenvalue weighted by Crippen LogP contribution is -2.36. The number of ketones is 1. The third-order valence-electron chi connectivity index (χ3n) is 7.29. The van der Waals surface area contributed by atoms with E-state index < -0.39 is 0 Å². The van der Waals surface area contributed by atoms with Gasteiger partial charge in [-0.25, -0.2) is 0 Å².